The van der Waals surface area contributed by atoms with Crippen LogP contribution in [0.4, 0.5) is 4.79 Å². The minimum atomic E-state index is -0.525. The Morgan fingerprint density at radius 3 is 2.77 bits per heavy atom. The fraction of sp³-hybridized carbons (Fsp3) is 0.400. The van der Waals surface area contributed by atoms with Crippen LogP contribution in [0.1, 0.15) is 18.4 Å². The minimum Gasteiger partial charge on any atom is -0.392 e. The molecular formula is C15H18ClN3O3. The summed E-state index contributed by atoms with van der Waals surface area (Å²) in [5, 5.41) is 6.61. The number of alkyl carbamates (subject to hydrolysis) is 1. The SMILES string of the molecule is O=C(NCc1ccc(Cl)cc1)OC1=CC2(CCNCC2)ON1. The topological polar surface area (TPSA) is 71.6 Å². The lowest BCUT2D eigenvalue weighted by Gasteiger charge is -2.29. The first-order chi connectivity index (χ1) is 10.7. The smallest absolute Gasteiger partial charge is 0.392 e. The third-order valence-electron chi connectivity index (χ3n) is 3.75. The Kier molecular flexibility index (Phi) is 4.52. The first kappa shape index (κ1) is 15.1. The zero-order chi connectivity index (χ0) is 15.4. The molecule has 0 saturated carbocycles. The number of hydrogen-bond donors (Lipinski definition) is 3. The zero-order valence-electron chi connectivity index (χ0n) is 12.0. The van der Waals surface area contributed by atoms with Crippen molar-refractivity contribution in [2.45, 2.75) is 25.0 Å². The monoisotopic (exact) mass is 323 g/mol. The van der Waals surface area contributed by atoms with Gasteiger partial charge in [0.2, 0.25) is 5.88 Å². The van der Waals surface area contributed by atoms with Gasteiger partial charge in [0.1, 0.15) is 5.60 Å². The summed E-state index contributed by atoms with van der Waals surface area (Å²) in [6.07, 6.45) is 3.01. The van der Waals surface area contributed by atoms with Gasteiger partial charge in [0, 0.05) is 17.6 Å². The van der Waals surface area contributed by atoms with Crippen molar-refractivity contribution in [3.63, 3.8) is 0 Å². The molecule has 1 spiro atoms. The highest BCUT2D eigenvalue weighted by Gasteiger charge is 2.37. The van der Waals surface area contributed by atoms with E-state index in [2.05, 4.69) is 16.1 Å². The first-order valence-corrected chi connectivity index (χ1v) is 7.61. The van der Waals surface area contributed by atoms with E-state index in [0.717, 1.165) is 31.5 Å². The molecule has 1 saturated heterocycles. The van der Waals surface area contributed by atoms with E-state index in [4.69, 9.17) is 21.2 Å². The summed E-state index contributed by atoms with van der Waals surface area (Å²) < 4.78 is 5.21. The van der Waals surface area contributed by atoms with Crippen molar-refractivity contribution in [1.29, 1.82) is 0 Å². The quantitative estimate of drug-likeness (QED) is 0.794. The normalized spacial score (nSPS) is 19.4. The molecule has 7 heteroatoms. The van der Waals surface area contributed by atoms with Gasteiger partial charge in [-0.25, -0.2) is 10.3 Å². The number of rotatable bonds is 3. The van der Waals surface area contributed by atoms with Gasteiger partial charge in [-0.1, -0.05) is 23.7 Å². The van der Waals surface area contributed by atoms with Crippen molar-refractivity contribution in [2.75, 3.05) is 13.1 Å². The largest absolute Gasteiger partial charge is 0.414 e. The van der Waals surface area contributed by atoms with Gasteiger partial charge in [0.25, 0.3) is 0 Å². The van der Waals surface area contributed by atoms with Crippen LogP contribution < -0.4 is 16.1 Å². The average Bonchev–Trinajstić information content (AvgIpc) is 2.89. The third-order valence-corrected chi connectivity index (χ3v) is 4.00. The second-order valence-electron chi connectivity index (χ2n) is 5.40. The molecule has 1 aromatic carbocycles. The van der Waals surface area contributed by atoms with Gasteiger partial charge in [0.05, 0.1) is 0 Å². The van der Waals surface area contributed by atoms with Crippen molar-refractivity contribution >= 4 is 17.7 Å². The number of hydrogen-bond acceptors (Lipinski definition) is 5. The summed E-state index contributed by atoms with van der Waals surface area (Å²) in [5.41, 5.74) is 3.27. The molecule has 0 aliphatic carbocycles. The maximum absolute atomic E-state index is 11.8. The summed E-state index contributed by atoms with van der Waals surface area (Å²) in [4.78, 5) is 17.4. The van der Waals surface area contributed by atoms with Crippen LogP contribution in [0.5, 0.6) is 0 Å². The number of piperidine rings is 1. The van der Waals surface area contributed by atoms with Crippen LogP contribution in [-0.4, -0.2) is 24.8 Å². The third kappa shape index (κ3) is 3.71. The van der Waals surface area contributed by atoms with E-state index >= 15 is 0 Å². The Morgan fingerprint density at radius 1 is 1.32 bits per heavy atom. The molecule has 3 N–H and O–H groups in total. The molecule has 0 radical (unpaired) electrons. The Hall–Kier alpha value is -1.76. The van der Waals surface area contributed by atoms with E-state index in [-0.39, 0.29) is 5.60 Å². The highest BCUT2D eigenvalue weighted by Crippen LogP contribution is 2.29. The predicted octanol–water partition coefficient (Wildman–Crippen LogP) is 2.06. The van der Waals surface area contributed by atoms with E-state index in [1.54, 1.807) is 12.1 Å². The van der Waals surface area contributed by atoms with Gasteiger partial charge >= 0.3 is 6.09 Å². The van der Waals surface area contributed by atoms with E-state index in [1.165, 1.54) is 0 Å². The Labute approximate surface area is 133 Å². The van der Waals surface area contributed by atoms with Crippen molar-refractivity contribution < 1.29 is 14.4 Å². The van der Waals surface area contributed by atoms with Crippen LogP contribution >= 0.6 is 11.6 Å². The molecule has 0 bridgehead atoms. The summed E-state index contributed by atoms with van der Waals surface area (Å²) >= 11 is 5.81. The molecule has 0 unspecified atom stereocenters. The number of carbonyl (C=O) groups excluding carboxylic acids is 1. The highest BCUT2D eigenvalue weighted by molar-refractivity contribution is 6.30. The van der Waals surface area contributed by atoms with Crippen LogP contribution in [0.15, 0.2) is 36.2 Å². The number of benzene rings is 1. The standard InChI is InChI=1S/C15H18ClN3O3/c16-12-3-1-11(2-4-12)10-18-14(20)21-13-9-15(22-19-13)5-7-17-8-6-15/h1-4,9,17,19H,5-8,10H2,(H,18,20). The van der Waals surface area contributed by atoms with Gasteiger partial charge in [-0.3, -0.25) is 4.84 Å². The fourth-order valence-electron chi connectivity index (χ4n) is 2.51. The summed E-state index contributed by atoms with van der Waals surface area (Å²) in [7, 11) is 0. The molecule has 2 heterocycles. The van der Waals surface area contributed by atoms with E-state index in [9.17, 15) is 4.79 Å². The fourth-order valence-corrected chi connectivity index (χ4v) is 2.63. The molecule has 2 aliphatic heterocycles. The van der Waals surface area contributed by atoms with Crippen LogP contribution in [0.3, 0.4) is 0 Å². The average molecular weight is 324 g/mol. The molecule has 6 nitrogen and oxygen atoms in total. The Bertz CT molecular complexity index is 568. The number of hydroxylamine groups is 1. The van der Waals surface area contributed by atoms with E-state index in [1.807, 2.05) is 18.2 Å². The van der Waals surface area contributed by atoms with Crippen LogP contribution in [-0.2, 0) is 16.1 Å². The van der Waals surface area contributed by atoms with E-state index in [0.29, 0.717) is 17.5 Å². The predicted molar refractivity (Wildman–Crippen MR) is 81.9 cm³/mol. The number of halogens is 1. The lowest BCUT2D eigenvalue weighted by molar-refractivity contribution is -0.0653. The molecule has 3 rings (SSSR count). The van der Waals surface area contributed by atoms with E-state index < -0.39 is 6.09 Å². The number of nitrogens with one attached hydrogen (secondary N) is 3. The molecule has 1 fully saturated rings. The van der Waals surface area contributed by atoms with Gasteiger partial charge in [-0.05, 0) is 43.6 Å². The number of ether oxygens (including phenoxy) is 1. The molecule has 0 atom stereocenters. The minimum absolute atomic E-state index is 0.343. The van der Waals surface area contributed by atoms with Crippen LogP contribution in [0.2, 0.25) is 5.02 Å². The van der Waals surface area contributed by atoms with Gasteiger partial charge < -0.3 is 15.4 Å². The molecular weight excluding hydrogens is 306 g/mol. The maximum Gasteiger partial charge on any atom is 0.414 e. The molecule has 2 aliphatic rings. The number of carbonyl (C=O) groups is 1. The summed E-state index contributed by atoms with van der Waals surface area (Å²) in [6.45, 7) is 2.14. The highest BCUT2D eigenvalue weighted by atomic mass is 35.5. The second-order valence-corrected chi connectivity index (χ2v) is 5.83. The number of amides is 1. The lowest BCUT2D eigenvalue weighted by Crippen LogP contribution is -2.41. The first-order valence-electron chi connectivity index (χ1n) is 7.23. The van der Waals surface area contributed by atoms with Crippen LogP contribution in [0, 0.1) is 0 Å². The van der Waals surface area contributed by atoms with Gasteiger partial charge in [0.15, 0.2) is 0 Å². The van der Waals surface area contributed by atoms with Gasteiger partial charge in [-0.2, -0.15) is 0 Å². The van der Waals surface area contributed by atoms with Crippen molar-refractivity contribution in [1.82, 2.24) is 16.1 Å². The Morgan fingerprint density at radius 2 is 2.05 bits per heavy atom. The zero-order valence-corrected chi connectivity index (χ0v) is 12.8. The Balaban J connectivity index is 1.49. The summed E-state index contributed by atoms with van der Waals surface area (Å²) in [5.74, 6) is 0.343. The lowest BCUT2D eigenvalue weighted by atomic mass is 9.93. The molecule has 118 valence electrons. The van der Waals surface area contributed by atoms with Crippen LogP contribution in [0.25, 0.3) is 0 Å². The molecule has 0 aromatic heterocycles. The second kappa shape index (κ2) is 6.56. The molecule has 1 amide bonds. The van der Waals surface area contributed by atoms with Gasteiger partial charge in [-0.15, -0.1) is 0 Å². The van der Waals surface area contributed by atoms with Crippen molar-refractivity contribution in [2.24, 2.45) is 0 Å². The molecule has 1 aromatic rings. The maximum atomic E-state index is 11.8. The summed E-state index contributed by atoms with van der Waals surface area (Å²) in [6, 6.07) is 7.25. The van der Waals surface area contributed by atoms with Crippen molar-refractivity contribution in [3.05, 3.63) is 46.8 Å². The molecule has 22 heavy (non-hydrogen) atoms. The van der Waals surface area contributed by atoms with Crippen molar-refractivity contribution in [3.8, 4) is 0 Å².